The molecule has 2 N–H and O–H groups in total. The Hall–Kier alpha value is -2.58. The number of alkyl halides is 3. The van der Waals surface area contributed by atoms with Crippen molar-refractivity contribution in [3.63, 3.8) is 0 Å². The van der Waals surface area contributed by atoms with Crippen molar-refractivity contribution in [2.24, 2.45) is 0 Å². The predicted molar refractivity (Wildman–Crippen MR) is 74.3 cm³/mol. The SMILES string of the molecule is CCOC(=O)[C@@H](NC(C)=O)C(=O)Nc1cccc(C(F)(F)F)c1. The maximum absolute atomic E-state index is 12.6. The molecule has 0 radical (unpaired) electrons. The standard InChI is InChI=1S/C14H15F3N2O4/c1-3-23-13(22)11(18-8(2)20)12(21)19-10-6-4-5-9(7-10)14(15,16)17/h4-7,11H,3H2,1-2H3,(H,18,20)(H,19,21)/t11-/m0/s1. The first-order valence-electron chi connectivity index (χ1n) is 6.57. The highest BCUT2D eigenvalue weighted by Gasteiger charge is 2.32. The summed E-state index contributed by atoms with van der Waals surface area (Å²) >= 11 is 0. The van der Waals surface area contributed by atoms with Gasteiger partial charge in [-0.2, -0.15) is 13.2 Å². The first-order chi connectivity index (χ1) is 10.6. The number of amides is 2. The second kappa shape index (κ2) is 7.61. The molecule has 0 heterocycles. The third kappa shape index (κ3) is 5.61. The van der Waals surface area contributed by atoms with Crippen molar-refractivity contribution in [3.05, 3.63) is 29.8 Å². The molecular formula is C14H15F3N2O4. The fourth-order valence-electron chi connectivity index (χ4n) is 1.65. The number of hydrogen-bond donors (Lipinski definition) is 2. The number of carbonyl (C=O) groups excluding carboxylic acids is 3. The summed E-state index contributed by atoms with van der Waals surface area (Å²) in [5, 5.41) is 4.23. The largest absolute Gasteiger partial charge is 0.464 e. The molecule has 1 aromatic carbocycles. The first-order valence-corrected chi connectivity index (χ1v) is 6.57. The van der Waals surface area contributed by atoms with Crippen LogP contribution in [-0.2, 0) is 25.3 Å². The number of carbonyl (C=O) groups is 3. The molecule has 0 bridgehead atoms. The summed E-state index contributed by atoms with van der Waals surface area (Å²) in [7, 11) is 0. The molecular weight excluding hydrogens is 317 g/mol. The minimum atomic E-state index is -4.57. The van der Waals surface area contributed by atoms with Crippen molar-refractivity contribution < 1.29 is 32.3 Å². The lowest BCUT2D eigenvalue weighted by Gasteiger charge is -2.16. The summed E-state index contributed by atoms with van der Waals surface area (Å²) < 4.78 is 42.5. The van der Waals surface area contributed by atoms with Gasteiger partial charge in [0.25, 0.3) is 5.91 Å². The molecule has 0 saturated carbocycles. The molecule has 1 aromatic rings. The van der Waals surface area contributed by atoms with Crippen LogP contribution < -0.4 is 10.6 Å². The van der Waals surface area contributed by atoms with Crippen LogP contribution in [0.5, 0.6) is 0 Å². The number of nitrogens with one attached hydrogen (secondary N) is 2. The van der Waals surface area contributed by atoms with E-state index in [4.69, 9.17) is 0 Å². The van der Waals surface area contributed by atoms with E-state index in [1.807, 2.05) is 0 Å². The van der Waals surface area contributed by atoms with Gasteiger partial charge in [0, 0.05) is 12.6 Å². The Morgan fingerprint density at radius 2 is 1.91 bits per heavy atom. The van der Waals surface area contributed by atoms with Gasteiger partial charge in [-0.05, 0) is 25.1 Å². The highest BCUT2D eigenvalue weighted by molar-refractivity contribution is 6.10. The van der Waals surface area contributed by atoms with Crippen molar-refractivity contribution in [1.82, 2.24) is 5.32 Å². The highest BCUT2D eigenvalue weighted by atomic mass is 19.4. The number of ether oxygens (including phenoxy) is 1. The van der Waals surface area contributed by atoms with Crippen LogP contribution in [0.25, 0.3) is 0 Å². The molecule has 1 atom stereocenters. The van der Waals surface area contributed by atoms with Crippen LogP contribution in [0, 0.1) is 0 Å². The Bertz CT molecular complexity index is 602. The third-order valence-corrected chi connectivity index (χ3v) is 2.59. The lowest BCUT2D eigenvalue weighted by molar-refractivity contribution is -0.149. The Labute approximate surface area is 130 Å². The normalized spacial score (nSPS) is 12.2. The fourth-order valence-corrected chi connectivity index (χ4v) is 1.65. The van der Waals surface area contributed by atoms with Gasteiger partial charge in [-0.15, -0.1) is 0 Å². The van der Waals surface area contributed by atoms with E-state index in [1.165, 1.54) is 13.0 Å². The first kappa shape index (κ1) is 18.5. The van der Waals surface area contributed by atoms with E-state index in [1.54, 1.807) is 0 Å². The van der Waals surface area contributed by atoms with Crippen LogP contribution in [0.2, 0.25) is 0 Å². The van der Waals surface area contributed by atoms with E-state index in [0.29, 0.717) is 6.07 Å². The van der Waals surface area contributed by atoms with Crippen molar-refractivity contribution >= 4 is 23.5 Å². The lowest BCUT2D eigenvalue weighted by atomic mass is 10.2. The number of rotatable bonds is 5. The van der Waals surface area contributed by atoms with Crippen molar-refractivity contribution in [2.45, 2.75) is 26.1 Å². The van der Waals surface area contributed by atoms with E-state index in [-0.39, 0.29) is 12.3 Å². The van der Waals surface area contributed by atoms with Crippen LogP contribution in [0.1, 0.15) is 19.4 Å². The zero-order valence-electron chi connectivity index (χ0n) is 12.4. The molecule has 9 heteroatoms. The smallest absolute Gasteiger partial charge is 0.416 e. The predicted octanol–water partition coefficient (Wildman–Crippen LogP) is 1.71. The Morgan fingerprint density at radius 1 is 1.26 bits per heavy atom. The summed E-state index contributed by atoms with van der Waals surface area (Å²) in [5.41, 5.74) is -1.12. The second-order valence-electron chi connectivity index (χ2n) is 4.45. The van der Waals surface area contributed by atoms with Gasteiger partial charge < -0.3 is 15.4 Å². The molecule has 0 aliphatic rings. The van der Waals surface area contributed by atoms with E-state index >= 15 is 0 Å². The zero-order chi connectivity index (χ0) is 17.6. The average Bonchev–Trinajstić information content (AvgIpc) is 2.44. The van der Waals surface area contributed by atoms with Gasteiger partial charge in [-0.25, -0.2) is 4.79 Å². The number of esters is 1. The molecule has 0 spiro atoms. The van der Waals surface area contributed by atoms with Gasteiger partial charge in [0.05, 0.1) is 12.2 Å². The molecule has 0 unspecified atom stereocenters. The Morgan fingerprint density at radius 3 is 2.43 bits per heavy atom. The maximum atomic E-state index is 12.6. The highest BCUT2D eigenvalue weighted by Crippen LogP contribution is 2.30. The van der Waals surface area contributed by atoms with Crippen molar-refractivity contribution in [2.75, 3.05) is 11.9 Å². The number of hydrogen-bond acceptors (Lipinski definition) is 4. The van der Waals surface area contributed by atoms with Crippen molar-refractivity contribution in [1.29, 1.82) is 0 Å². The molecule has 126 valence electrons. The quantitative estimate of drug-likeness (QED) is 0.635. The molecule has 2 amide bonds. The average molecular weight is 332 g/mol. The third-order valence-electron chi connectivity index (χ3n) is 2.59. The Kier molecular flexibility index (Phi) is 6.11. The molecule has 6 nitrogen and oxygen atoms in total. The van der Waals surface area contributed by atoms with Crippen LogP contribution >= 0.6 is 0 Å². The summed E-state index contributed by atoms with van der Waals surface area (Å²) in [4.78, 5) is 34.7. The van der Waals surface area contributed by atoms with Crippen molar-refractivity contribution in [3.8, 4) is 0 Å². The summed E-state index contributed by atoms with van der Waals surface area (Å²) in [6, 6.07) is 2.24. The van der Waals surface area contributed by atoms with Crippen LogP contribution in [0.4, 0.5) is 18.9 Å². The van der Waals surface area contributed by atoms with Gasteiger partial charge in [0.15, 0.2) is 0 Å². The van der Waals surface area contributed by atoms with Gasteiger partial charge in [0.2, 0.25) is 11.9 Å². The minimum absolute atomic E-state index is 0.0221. The summed E-state index contributed by atoms with van der Waals surface area (Å²) in [5.74, 6) is -2.67. The second-order valence-corrected chi connectivity index (χ2v) is 4.45. The minimum Gasteiger partial charge on any atom is -0.464 e. The summed E-state index contributed by atoms with van der Waals surface area (Å²) in [6.07, 6.45) is -4.57. The molecule has 1 rings (SSSR count). The molecule has 0 aliphatic carbocycles. The molecule has 0 aromatic heterocycles. The van der Waals surface area contributed by atoms with Crippen LogP contribution in [-0.4, -0.2) is 30.4 Å². The van der Waals surface area contributed by atoms with Crippen LogP contribution in [0.3, 0.4) is 0 Å². The van der Waals surface area contributed by atoms with Gasteiger partial charge >= 0.3 is 12.1 Å². The maximum Gasteiger partial charge on any atom is 0.416 e. The number of halogens is 3. The Balaban J connectivity index is 2.94. The fraction of sp³-hybridized carbons (Fsp3) is 0.357. The molecule has 0 fully saturated rings. The van der Waals surface area contributed by atoms with E-state index < -0.39 is 35.6 Å². The van der Waals surface area contributed by atoms with E-state index in [9.17, 15) is 27.6 Å². The molecule has 0 aliphatic heterocycles. The summed E-state index contributed by atoms with van der Waals surface area (Å²) in [6.45, 7) is 2.57. The van der Waals surface area contributed by atoms with Gasteiger partial charge in [-0.3, -0.25) is 9.59 Å². The lowest BCUT2D eigenvalue weighted by Crippen LogP contribution is -2.49. The van der Waals surface area contributed by atoms with Crippen LogP contribution in [0.15, 0.2) is 24.3 Å². The zero-order valence-corrected chi connectivity index (χ0v) is 12.4. The monoisotopic (exact) mass is 332 g/mol. The topological polar surface area (TPSA) is 84.5 Å². The van der Waals surface area contributed by atoms with Gasteiger partial charge in [-0.1, -0.05) is 6.07 Å². The molecule has 0 saturated heterocycles. The van der Waals surface area contributed by atoms with Gasteiger partial charge in [0.1, 0.15) is 0 Å². The number of benzene rings is 1. The molecule has 23 heavy (non-hydrogen) atoms. The van der Waals surface area contributed by atoms with E-state index in [0.717, 1.165) is 19.1 Å². The van der Waals surface area contributed by atoms with E-state index in [2.05, 4.69) is 15.4 Å². The number of anilines is 1.